The molecule has 0 radical (unpaired) electrons. The summed E-state index contributed by atoms with van der Waals surface area (Å²) in [5.41, 5.74) is 6.08. The first-order valence-electron chi connectivity index (χ1n) is 11.9. The van der Waals surface area contributed by atoms with Crippen LogP contribution in [0.25, 0.3) is 10.4 Å². The number of thiazole rings is 1. The molecule has 1 fully saturated rings. The number of aromatic nitrogens is 1. The molecule has 3 aromatic carbocycles. The number of para-hydroxylation sites is 1. The minimum atomic E-state index is -0.524. The minimum Gasteiger partial charge on any atom is -0.457 e. The fourth-order valence-corrected chi connectivity index (χ4v) is 5.40. The van der Waals surface area contributed by atoms with Crippen LogP contribution >= 0.6 is 11.3 Å². The standard InChI is InChI=1S/C29H28N2O3S/c1-20-29(35-19-30-20)22-13-10-21(11-14-22)12-15-28(33)27-17-24(32)18-31(27)23-6-5-9-26(16-23)34-25-7-3-2-4-8-25/h2-11,13-14,16,19,24,27,32H,12,15,17-18H2,1H3/t24-,27+/m1/s1. The topological polar surface area (TPSA) is 62.7 Å². The van der Waals surface area contributed by atoms with Crippen molar-refractivity contribution in [1.82, 2.24) is 4.98 Å². The number of β-amino-alcohol motifs (C(OH)–C–C–N with tert-alkyl or cyclic N) is 1. The van der Waals surface area contributed by atoms with E-state index in [4.69, 9.17) is 4.74 Å². The van der Waals surface area contributed by atoms with Crippen LogP contribution in [0.15, 0.2) is 84.4 Å². The molecule has 2 atom stereocenters. The van der Waals surface area contributed by atoms with Crippen molar-refractivity contribution in [3.63, 3.8) is 0 Å². The lowest BCUT2D eigenvalue weighted by Crippen LogP contribution is -2.36. The molecule has 0 amide bonds. The molecule has 0 aliphatic carbocycles. The van der Waals surface area contributed by atoms with Gasteiger partial charge in [-0.25, -0.2) is 4.98 Å². The third kappa shape index (κ3) is 5.45. The number of hydrogen-bond acceptors (Lipinski definition) is 6. The van der Waals surface area contributed by atoms with Crippen molar-refractivity contribution in [2.24, 2.45) is 0 Å². The van der Waals surface area contributed by atoms with Crippen LogP contribution < -0.4 is 9.64 Å². The van der Waals surface area contributed by atoms with E-state index in [0.717, 1.165) is 28.3 Å². The van der Waals surface area contributed by atoms with Gasteiger partial charge in [0.05, 0.1) is 28.2 Å². The Morgan fingerprint density at radius 3 is 2.57 bits per heavy atom. The maximum atomic E-state index is 13.2. The molecule has 1 aliphatic heterocycles. The van der Waals surface area contributed by atoms with Gasteiger partial charge in [0, 0.05) is 31.1 Å². The summed E-state index contributed by atoms with van der Waals surface area (Å²) in [7, 11) is 0. The third-order valence-corrected chi connectivity index (χ3v) is 7.38. The van der Waals surface area contributed by atoms with E-state index in [1.807, 2.05) is 71.9 Å². The van der Waals surface area contributed by atoms with E-state index >= 15 is 0 Å². The molecule has 4 aromatic rings. The van der Waals surface area contributed by atoms with Crippen LogP contribution in [0.2, 0.25) is 0 Å². The highest BCUT2D eigenvalue weighted by Gasteiger charge is 2.35. The van der Waals surface area contributed by atoms with E-state index < -0.39 is 6.10 Å². The minimum absolute atomic E-state index is 0.151. The molecule has 1 N–H and O–H groups in total. The molecule has 0 bridgehead atoms. The van der Waals surface area contributed by atoms with Gasteiger partial charge in [-0.2, -0.15) is 0 Å². The Morgan fingerprint density at radius 2 is 1.83 bits per heavy atom. The predicted octanol–water partition coefficient (Wildman–Crippen LogP) is 6.05. The van der Waals surface area contributed by atoms with Crippen LogP contribution in [0.3, 0.4) is 0 Å². The van der Waals surface area contributed by atoms with Crippen molar-refractivity contribution in [1.29, 1.82) is 0 Å². The second-order valence-electron chi connectivity index (χ2n) is 8.90. The Morgan fingerprint density at radius 1 is 1.06 bits per heavy atom. The number of hydrogen-bond donors (Lipinski definition) is 1. The zero-order chi connectivity index (χ0) is 24.2. The van der Waals surface area contributed by atoms with Gasteiger partial charge in [-0.15, -0.1) is 11.3 Å². The van der Waals surface area contributed by atoms with E-state index in [9.17, 15) is 9.90 Å². The van der Waals surface area contributed by atoms with E-state index in [1.165, 1.54) is 4.88 Å². The number of nitrogens with zero attached hydrogens (tertiary/aromatic N) is 2. The summed E-state index contributed by atoms with van der Waals surface area (Å²) in [6, 6.07) is 25.4. The van der Waals surface area contributed by atoms with Gasteiger partial charge >= 0.3 is 0 Å². The van der Waals surface area contributed by atoms with Crippen molar-refractivity contribution >= 4 is 22.8 Å². The first-order chi connectivity index (χ1) is 17.1. The number of ether oxygens (including phenoxy) is 1. The number of aliphatic hydroxyl groups excluding tert-OH is 1. The maximum Gasteiger partial charge on any atom is 0.155 e. The van der Waals surface area contributed by atoms with E-state index in [-0.39, 0.29) is 11.8 Å². The summed E-state index contributed by atoms with van der Waals surface area (Å²) < 4.78 is 5.97. The average Bonchev–Trinajstić information content (AvgIpc) is 3.49. The van der Waals surface area contributed by atoms with Crippen LogP contribution in [0, 0.1) is 6.92 Å². The monoisotopic (exact) mass is 484 g/mol. The Bertz CT molecular complexity index is 1290. The number of carbonyl (C=O) groups is 1. The molecule has 178 valence electrons. The second kappa shape index (κ2) is 10.4. The van der Waals surface area contributed by atoms with Gasteiger partial charge in [0.1, 0.15) is 11.5 Å². The van der Waals surface area contributed by atoms with Gasteiger partial charge in [0.2, 0.25) is 0 Å². The van der Waals surface area contributed by atoms with Gasteiger partial charge < -0.3 is 14.7 Å². The summed E-state index contributed by atoms with van der Waals surface area (Å²) in [4.78, 5) is 20.8. The summed E-state index contributed by atoms with van der Waals surface area (Å²) in [5.74, 6) is 1.62. The van der Waals surface area contributed by atoms with E-state index in [1.54, 1.807) is 11.3 Å². The number of rotatable bonds is 8. The fourth-order valence-electron chi connectivity index (χ4n) is 4.59. The molecule has 35 heavy (non-hydrogen) atoms. The summed E-state index contributed by atoms with van der Waals surface area (Å²) >= 11 is 1.64. The van der Waals surface area contributed by atoms with Crippen molar-refractivity contribution in [2.45, 2.75) is 38.3 Å². The Balaban J connectivity index is 1.25. The van der Waals surface area contributed by atoms with E-state index in [2.05, 4.69) is 29.2 Å². The Kier molecular flexibility index (Phi) is 6.93. The first kappa shape index (κ1) is 23.3. The van der Waals surface area contributed by atoms with Crippen LogP contribution in [0.1, 0.15) is 24.1 Å². The summed E-state index contributed by atoms with van der Waals surface area (Å²) in [5, 5.41) is 10.4. The third-order valence-electron chi connectivity index (χ3n) is 6.40. The van der Waals surface area contributed by atoms with Crippen LogP contribution in [0.5, 0.6) is 11.5 Å². The molecule has 5 rings (SSSR count). The molecule has 1 aromatic heterocycles. The van der Waals surface area contributed by atoms with E-state index in [0.29, 0.717) is 31.6 Å². The predicted molar refractivity (Wildman–Crippen MR) is 140 cm³/mol. The summed E-state index contributed by atoms with van der Waals surface area (Å²) in [6.45, 7) is 2.46. The number of carbonyl (C=O) groups excluding carboxylic acids is 1. The number of ketones is 1. The molecular formula is C29H28N2O3S. The molecule has 1 aliphatic rings. The average molecular weight is 485 g/mol. The van der Waals surface area contributed by atoms with Crippen LogP contribution in [-0.2, 0) is 11.2 Å². The van der Waals surface area contributed by atoms with Gasteiger partial charge in [-0.3, -0.25) is 4.79 Å². The van der Waals surface area contributed by atoms with Crippen LogP contribution in [-0.4, -0.2) is 34.6 Å². The number of aliphatic hydroxyl groups is 1. The number of anilines is 1. The largest absolute Gasteiger partial charge is 0.457 e. The van der Waals surface area contributed by atoms with Gasteiger partial charge in [-0.1, -0.05) is 48.5 Å². The SMILES string of the molecule is Cc1ncsc1-c1ccc(CCC(=O)[C@@H]2C[C@@H](O)CN2c2cccc(Oc3ccccc3)c2)cc1. The zero-order valence-electron chi connectivity index (χ0n) is 19.6. The smallest absolute Gasteiger partial charge is 0.155 e. The van der Waals surface area contributed by atoms with Gasteiger partial charge in [0.15, 0.2) is 5.78 Å². The molecular weight excluding hydrogens is 456 g/mol. The lowest BCUT2D eigenvalue weighted by atomic mass is 10.00. The fraction of sp³-hybridized carbons (Fsp3) is 0.241. The molecule has 2 heterocycles. The highest BCUT2D eigenvalue weighted by atomic mass is 32.1. The normalized spacial score (nSPS) is 17.5. The second-order valence-corrected chi connectivity index (χ2v) is 9.76. The number of benzene rings is 3. The molecule has 6 heteroatoms. The lowest BCUT2D eigenvalue weighted by molar-refractivity contribution is -0.120. The molecule has 0 saturated carbocycles. The first-order valence-corrected chi connectivity index (χ1v) is 12.7. The van der Waals surface area contributed by atoms with Crippen molar-refractivity contribution in [3.8, 4) is 21.9 Å². The molecule has 0 unspecified atom stereocenters. The van der Waals surface area contributed by atoms with Crippen LogP contribution in [0.4, 0.5) is 5.69 Å². The molecule has 0 spiro atoms. The van der Waals surface area contributed by atoms with Crippen molar-refractivity contribution < 1.29 is 14.6 Å². The quantitative estimate of drug-likeness (QED) is 0.330. The van der Waals surface area contributed by atoms with Crippen molar-refractivity contribution in [3.05, 3.63) is 95.6 Å². The van der Waals surface area contributed by atoms with Gasteiger partial charge in [0.25, 0.3) is 0 Å². The summed E-state index contributed by atoms with van der Waals surface area (Å²) in [6.07, 6.45) is 1.04. The van der Waals surface area contributed by atoms with Crippen molar-refractivity contribution in [2.75, 3.05) is 11.4 Å². The molecule has 5 nitrogen and oxygen atoms in total. The highest BCUT2D eigenvalue weighted by molar-refractivity contribution is 7.13. The Hall–Kier alpha value is -3.48. The Labute approximate surface area is 209 Å². The van der Waals surface area contributed by atoms with Gasteiger partial charge in [-0.05, 0) is 48.7 Å². The zero-order valence-corrected chi connectivity index (χ0v) is 20.4. The number of Topliss-reactive ketones (excluding diaryl/α,β-unsaturated/α-hetero) is 1. The maximum absolute atomic E-state index is 13.2. The number of aryl methyl sites for hydroxylation is 2. The molecule has 1 saturated heterocycles. The lowest BCUT2D eigenvalue weighted by Gasteiger charge is -2.26. The highest BCUT2D eigenvalue weighted by Crippen LogP contribution is 2.32.